The second-order valence-electron chi connectivity index (χ2n) is 8.41. The molecule has 172 valence electrons. The Morgan fingerprint density at radius 2 is 1.61 bits per heavy atom. The summed E-state index contributed by atoms with van der Waals surface area (Å²) in [5, 5.41) is 8.90. The number of hydrogen-bond donors (Lipinski definition) is 0. The van der Waals surface area contributed by atoms with Crippen LogP contribution in [0.3, 0.4) is 0 Å². The van der Waals surface area contributed by atoms with Gasteiger partial charge in [-0.05, 0) is 56.2 Å². The van der Waals surface area contributed by atoms with Crippen molar-refractivity contribution in [3.63, 3.8) is 0 Å². The largest absolute Gasteiger partial charge is 0.493 e. The highest BCUT2D eigenvalue weighted by Gasteiger charge is 2.23. The lowest BCUT2D eigenvalue weighted by Gasteiger charge is -2.35. The van der Waals surface area contributed by atoms with Crippen LogP contribution in [0.4, 0.5) is 5.82 Å². The molecular formula is C26H30N4O3. The topological polar surface area (TPSA) is 67.8 Å². The summed E-state index contributed by atoms with van der Waals surface area (Å²) in [4.78, 5) is 16.6. The fraction of sp³-hybridized carbons (Fsp3) is 0.346. The zero-order chi connectivity index (χ0) is 23.4. The second kappa shape index (κ2) is 9.90. The first-order valence-corrected chi connectivity index (χ1v) is 11.2. The van der Waals surface area contributed by atoms with E-state index in [1.165, 1.54) is 11.1 Å². The maximum Gasteiger partial charge on any atom is 0.260 e. The molecule has 2 aromatic carbocycles. The lowest BCUT2D eigenvalue weighted by Crippen LogP contribution is -2.50. The normalized spacial score (nSPS) is 13.7. The summed E-state index contributed by atoms with van der Waals surface area (Å²) in [6.07, 6.45) is 0. The number of benzene rings is 2. The van der Waals surface area contributed by atoms with Crippen molar-refractivity contribution in [2.45, 2.75) is 20.8 Å². The predicted molar refractivity (Wildman–Crippen MR) is 129 cm³/mol. The van der Waals surface area contributed by atoms with Gasteiger partial charge in [0.25, 0.3) is 5.91 Å². The van der Waals surface area contributed by atoms with Crippen LogP contribution in [0.25, 0.3) is 11.3 Å². The van der Waals surface area contributed by atoms with E-state index in [4.69, 9.17) is 9.47 Å². The lowest BCUT2D eigenvalue weighted by molar-refractivity contribution is -0.133. The number of anilines is 1. The minimum absolute atomic E-state index is 0.0101. The Kier molecular flexibility index (Phi) is 6.77. The summed E-state index contributed by atoms with van der Waals surface area (Å²) < 4.78 is 11.1. The highest BCUT2D eigenvalue weighted by molar-refractivity contribution is 5.78. The van der Waals surface area contributed by atoms with Gasteiger partial charge >= 0.3 is 0 Å². The second-order valence-corrected chi connectivity index (χ2v) is 8.41. The average Bonchev–Trinajstić information content (AvgIpc) is 2.83. The molecule has 0 bridgehead atoms. The average molecular weight is 447 g/mol. The number of aromatic nitrogens is 2. The van der Waals surface area contributed by atoms with E-state index in [1.807, 2.05) is 42.2 Å². The van der Waals surface area contributed by atoms with Crippen molar-refractivity contribution in [1.82, 2.24) is 15.1 Å². The zero-order valence-corrected chi connectivity index (χ0v) is 19.7. The number of aryl methyl sites for hydroxylation is 3. The molecule has 0 radical (unpaired) electrons. The van der Waals surface area contributed by atoms with E-state index in [0.717, 1.165) is 22.6 Å². The number of piperazine rings is 1. The van der Waals surface area contributed by atoms with E-state index in [1.54, 1.807) is 7.11 Å². The van der Waals surface area contributed by atoms with Crippen molar-refractivity contribution in [2.75, 3.05) is 44.8 Å². The maximum atomic E-state index is 12.7. The number of hydrogen-bond acceptors (Lipinski definition) is 6. The van der Waals surface area contributed by atoms with Gasteiger partial charge in [-0.25, -0.2) is 0 Å². The summed E-state index contributed by atoms with van der Waals surface area (Å²) >= 11 is 0. The van der Waals surface area contributed by atoms with Crippen LogP contribution in [0, 0.1) is 20.8 Å². The summed E-state index contributed by atoms with van der Waals surface area (Å²) in [6.45, 7) is 8.80. The van der Waals surface area contributed by atoms with Gasteiger partial charge in [-0.2, -0.15) is 0 Å². The van der Waals surface area contributed by atoms with Crippen molar-refractivity contribution in [3.8, 4) is 22.8 Å². The van der Waals surface area contributed by atoms with E-state index in [2.05, 4.69) is 47.1 Å². The van der Waals surface area contributed by atoms with Crippen LogP contribution in [0.5, 0.6) is 11.5 Å². The van der Waals surface area contributed by atoms with Gasteiger partial charge < -0.3 is 19.3 Å². The quantitative estimate of drug-likeness (QED) is 0.574. The number of ether oxygens (including phenoxy) is 2. The van der Waals surface area contributed by atoms with Crippen molar-refractivity contribution < 1.29 is 14.3 Å². The van der Waals surface area contributed by atoms with Gasteiger partial charge in [0.2, 0.25) is 0 Å². The minimum atomic E-state index is -0.0337. The molecule has 1 amide bonds. The van der Waals surface area contributed by atoms with Crippen molar-refractivity contribution in [3.05, 3.63) is 65.2 Å². The molecule has 0 unspecified atom stereocenters. The summed E-state index contributed by atoms with van der Waals surface area (Å²) in [5.41, 5.74) is 5.46. The molecule has 0 aliphatic carbocycles. The van der Waals surface area contributed by atoms with Gasteiger partial charge in [0.05, 0.1) is 12.8 Å². The van der Waals surface area contributed by atoms with E-state index in [-0.39, 0.29) is 12.5 Å². The van der Waals surface area contributed by atoms with Crippen LogP contribution in [-0.2, 0) is 4.79 Å². The highest BCUT2D eigenvalue weighted by Crippen LogP contribution is 2.28. The fourth-order valence-electron chi connectivity index (χ4n) is 4.05. The molecule has 0 spiro atoms. The molecule has 1 aliphatic rings. The molecule has 0 N–H and O–H groups in total. The van der Waals surface area contributed by atoms with Gasteiger partial charge in [-0.15, -0.1) is 10.2 Å². The van der Waals surface area contributed by atoms with Gasteiger partial charge in [-0.3, -0.25) is 4.79 Å². The maximum absolute atomic E-state index is 12.7. The van der Waals surface area contributed by atoms with E-state index < -0.39 is 0 Å². The Morgan fingerprint density at radius 3 is 2.27 bits per heavy atom. The van der Waals surface area contributed by atoms with Crippen LogP contribution in [0.1, 0.15) is 16.7 Å². The SMILES string of the molecule is COc1cc(C)ccc1OCC(=O)N1CCN(c2ccc(-c3ccc(C)cc3C)nn2)CC1. The summed E-state index contributed by atoms with van der Waals surface area (Å²) in [7, 11) is 1.60. The predicted octanol–water partition coefficient (Wildman–Crippen LogP) is 3.81. The molecular weight excluding hydrogens is 416 g/mol. The van der Waals surface area contributed by atoms with Gasteiger partial charge in [-0.1, -0.05) is 29.8 Å². The Labute approximate surface area is 195 Å². The van der Waals surface area contributed by atoms with Crippen molar-refractivity contribution >= 4 is 11.7 Å². The van der Waals surface area contributed by atoms with Gasteiger partial charge in [0, 0.05) is 31.7 Å². The first-order chi connectivity index (χ1) is 15.9. The molecule has 1 aromatic heterocycles. The lowest BCUT2D eigenvalue weighted by atomic mass is 10.0. The van der Waals surface area contributed by atoms with Crippen LogP contribution >= 0.6 is 0 Å². The van der Waals surface area contributed by atoms with Gasteiger partial charge in [0.15, 0.2) is 23.9 Å². The van der Waals surface area contributed by atoms with E-state index in [0.29, 0.717) is 37.7 Å². The smallest absolute Gasteiger partial charge is 0.260 e. The summed E-state index contributed by atoms with van der Waals surface area (Å²) in [5.74, 6) is 2.01. The third-order valence-electron chi connectivity index (χ3n) is 5.93. The Balaban J connectivity index is 1.31. The standard InChI is InChI=1S/C26H30N4O3/c1-18-5-7-21(20(3)15-18)22-8-10-25(28-27-22)29-11-13-30(14-12-29)26(31)17-33-23-9-6-19(2)16-24(23)32-4/h5-10,15-16H,11-14,17H2,1-4H3. The van der Waals surface area contributed by atoms with E-state index >= 15 is 0 Å². The number of carbonyl (C=O) groups excluding carboxylic acids is 1. The number of carbonyl (C=O) groups is 1. The monoisotopic (exact) mass is 446 g/mol. The first-order valence-electron chi connectivity index (χ1n) is 11.2. The highest BCUT2D eigenvalue weighted by atomic mass is 16.5. The molecule has 2 heterocycles. The van der Waals surface area contributed by atoms with Crippen LogP contribution in [-0.4, -0.2) is 60.9 Å². The molecule has 1 saturated heterocycles. The Bertz CT molecular complexity index is 1120. The third-order valence-corrected chi connectivity index (χ3v) is 5.93. The molecule has 1 aliphatic heterocycles. The molecule has 4 rings (SSSR count). The zero-order valence-electron chi connectivity index (χ0n) is 19.7. The number of methoxy groups -OCH3 is 1. The van der Waals surface area contributed by atoms with Crippen molar-refractivity contribution in [1.29, 1.82) is 0 Å². The van der Waals surface area contributed by atoms with Gasteiger partial charge in [0.1, 0.15) is 0 Å². The number of amides is 1. The minimum Gasteiger partial charge on any atom is -0.493 e. The molecule has 1 fully saturated rings. The van der Waals surface area contributed by atoms with Crippen LogP contribution in [0.15, 0.2) is 48.5 Å². The number of nitrogens with zero attached hydrogens (tertiary/aromatic N) is 4. The Morgan fingerprint density at radius 1 is 0.879 bits per heavy atom. The molecule has 33 heavy (non-hydrogen) atoms. The molecule has 7 heteroatoms. The fourth-order valence-corrected chi connectivity index (χ4v) is 4.05. The first kappa shape index (κ1) is 22.6. The molecule has 0 atom stereocenters. The summed E-state index contributed by atoms with van der Waals surface area (Å²) in [6, 6.07) is 16.0. The van der Waals surface area contributed by atoms with Crippen molar-refractivity contribution in [2.24, 2.45) is 0 Å². The molecule has 7 nitrogen and oxygen atoms in total. The van der Waals surface area contributed by atoms with Crippen LogP contribution in [0.2, 0.25) is 0 Å². The Hall–Kier alpha value is -3.61. The third kappa shape index (κ3) is 5.25. The van der Waals surface area contributed by atoms with Crippen LogP contribution < -0.4 is 14.4 Å². The molecule has 0 saturated carbocycles. The number of rotatable bonds is 6. The molecule has 3 aromatic rings. The van der Waals surface area contributed by atoms with E-state index in [9.17, 15) is 4.79 Å².